The number of halogens is 1. The van der Waals surface area contributed by atoms with E-state index in [2.05, 4.69) is 12.2 Å². The van der Waals surface area contributed by atoms with Crippen molar-refractivity contribution in [2.45, 2.75) is 26.3 Å². The second-order valence-electron chi connectivity index (χ2n) is 3.04. The SMILES string of the molecule is CCN[C@H](CC)c1ccccc1F. The van der Waals surface area contributed by atoms with Crippen molar-refractivity contribution < 1.29 is 4.39 Å². The van der Waals surface area contributed by atoms with E-state index >= 15 is 0 Å². The van der Waals surface area contributed by atoms with Crippen molar-refractivity contribution in [3.63, 3.8) is 0 Å². The quantitative estimate of drug-likeness (QED) is 0.753. The van der Waals surface area contributed by atoms with Gasteiger partial charge in [0.1, 0.15) is 5.82 Å². The lowest BCUT2D eigenvalue weighted by Gasteiger charge is -2.16. The van der Waals surface area contributed by atoms with Gasteiger partial charge in [-0.1, -0.05) is 32.0 Å². The van der Waals surface area contributed by atoms with Crippen molar-refractivity contribution >= 4 is 0 Å². The summed E-state index contributed by atoms with van der Waals surface area (Å²) in [4.78, 5) is 0. The molecule has 2 heteroatoms. The lowest BCUT2D eigenvalue weighted by Crippen LogP contribution is -2.20. The predicted octanol–water partition coefficient (Wildman–Crippen LogP) is 2.89. The van der Waals surface area contributed by atoms with E-state index in [1.165, 1.54) is 6.07 Å². The maximum atomic E-state index is 13.3. The van der Waals surface area contributed by atoms with Crippen molar-refractivity contribution in [3.05, 3.63) is 35.6 Å². The van der Waals surface area contributed by atoms with Crippen molar-refractivity contribution in [2.75, 3.05) is 6.54 Å². The summed E-state index contributed by atoms with van der Waals surface area (Å²) in [5.74, 6) is -0.115. The molecule has 0 aromatic heterocycles. The van der Waals surface area contributed by atoms with E-state index in [-0.39, 0.29) is 11.9 Å². The molecule has 1 atom stereocenters. The van der Waals surface area contributed by atoms with Gasteiger partial charge >= 0.3 is 0 Å². The Morgan fingerprint density at radius 2 is 2.00 bits per heavy atom. The van der Waals surface area contributed by atoms with Gasteiger partial charge in [0.2, 0.25) is 0 Å². The Kier molecular flexibility index (Phi) is 3.90. The summed E-state index contributed by atoms with van der Waals surface area (Å²) in [6.07, 6.45) is 0.911. The molecule has 0 bridgehead atoms. The number of hydrogen-bond acceptors (Lipinski definition) is 1. The smallest absolute Gasteiger partial charge is 0.127 e. The number of benzene rings is 1. The van der Waals surface area contributed by atoms with Crippen LogP contribution < -0.4 is 5.32 Å². The van der Waals surface area contributed by atoms with Crippen LogP contribution in [0.3, 0.4) is 0 Å². The zero-order valence-corrected chi connectivity index (χ0v) is 8.18. The highest BCUT2D eigenvalue weighted by Crippen LogP contribution is 2.19. The van der Waals surface area contributed by atoms with Crippen LogP contribution >= 0.6 is 0 Å². The molecule has 0 radical (unpaired) electrons. The highest BCUT2D eigenvalue weighted by Gasteiger charge is 2.10. The summed E-state index contributed by atoms with van der Waals surface area (Å²) in [7, 11) is 0. The maximum absolute atomic E-state index is 13.3. The predicted molar refractivity (Wildman–Crippen MR) is 53.1 cm³/mol. The van der Waals surface area contributed by atoms with E-state index in [9.17, 15) is 4.39 Å². The summed E-state index contributed by atoms with van der Waals surface area (Å²) < 4.78 is 13.3. The third-order valence-corrected chi connectivity index (χ3v) is 2.14. The monoisotopic (exact) mass is 181 g/mol. The van der Waals surface area contributed by atoms with Gasteiger partial charge in [-0.15, -0.1) is 0 Å². The van der Waals surface area contributed by atoms with Crippen molar-refractivity contribution in [1.82, 2.24) is 5.32 Å². The van der Waals surface area contributed by atoms with Gasteiger partial charge in [0.15, 0.2) is 0 Å². The molecule has 1 rings (SSSR count). The van der Waals surface area contributed by atoms with Crippen LogP contribution in [0.4, 0.5) is 4.39 Å². The topological polar surface area (TPSA) is 12.0 Å². The molecule has 0 saturated heterocycles. The van der Waals surface area contributed by atoms with E-state index in [0.717, 1.165) is 18.5 Å². The zero-order chi connectivity index (χ0) is 9.68. The minimum atomic E-state index is -0.115. The Balaban J connectivity index is 2.84. The minimum Gasteiger partial charge on any atom is -0.310 e. The van der Waals surface area contributed by atoms with Gasteiger partial charge in [0.05, 0.1) is 0 Å². The van der Waals surface area contributed by atoms with Gasteiger partial charge in [0.25, 0.3) is 0 Å². The Bertz CT molecular complexity index is 260. The molecule has 0 heterocycles. The fourth-order valence-corrected chi connectivity index (χ4v) is 1.48. The van der Waals surface area contributed by atoms with Crippen LogP contribution in [0.15, 0.2) is 24.3 Å². The lowest BCUT2D eigenvalue weighted by molar-refractivity contribution is 0.501. The van der Waals surface area contributed by atoms with Crippen LogP contribution in [0.25, 0.3) is 0 Å². The Hall–Kier alpha value is -0.890. The second-order valence-corrected chi connectivity index (χ2v) is 3.04. The third kappa shape index (κ3) is 2.52. The fraction of sp³-hybridized carbons (Fsp3) is 0.455. The summed E-state index contributed by atoms with van der Waals surface area (Å²) in [6.45, 7) is 4.95. The van der Waals surface area contributed by atoms with Crippen molar-refractivity contribution in [3.8, 4) is 0 Å². The first kappa shape index (κ1) is 10.2. The molecule has 13 heavy (non-hydrogen) atoms. The first-order valence-electron chi connectivity index (χ1n) is 4.77. The van der Waals surface area contributed by atoms with E-state index in [0.29, 0.717) is 0 Å². The molecule has 0 saturated carbocycles. The van der Waals surface area contributed by atoms with E-state index < -0.39 is 0 Å². The molecule has 0 amide bonds. The van der Waals surface area contributed by atoms with Gasteiger partial charge in [0, 0.05) is 11.6 Å². The highest BCUT2D eigenvalue weighted by atomic mass is 19.1. The molecule has 0 aliphatic heterocycles. The molecule has 1 nitrogen and oxygen atoms in total. The largest absolute Gasteiger partial charge is 0.310 e. The van der Waals surface area contributed by atoms with Crippen LogP contribution in [-0.4, -0.2) is 6.54 Å². The van der Waals surface area contributed by atoms with Crippen molar-refractivity contribution in [1.29, 1.82) is 0 Å². The molecule has 0 aliphatic carbocycles. The van der Waals surface area contributed by atoms with Crippen LogP contribution in [0.2, 0.25) is 0 Å². The van der Waals surface area contributed by atoms with Crippen LogP contribution in [0, 0.1) is 5.82 Å². The van der Waals surface area contributed by atoms with E-state index in [1.54, 1.807) is 6.07 Å². The maximum Gasteiger partial charge on any atom is 0.127 e. The van der Waals surface area contributed by atoms with E-state index in [4.69, 9.17) is 0 Å². The molecule has 0 spiro atoms. The molecule has 1 N–H and O–H groups in total. The standard InChI is InChI=1S/C11H16FN/c1-3-11(13-4-2)9-7-5-6-8-10(9)12/h5-8,11,13H,3-4H2,1-2H3/t11-/m1/s1. The molecule has 0 aliphatic rings. The third-order valence-electron chi connectivity index (χ3n) is 2.14. The summed E-state index contributed by atoms with van der Waals surface area (Å²) in [5, 5.41) is 3.25. The fourth-order valence-electron chi connectivity index (χ4n) is 1.48. The van der Waals surface area contributed by atoms with Gasteiger partial charge in [-0.25, -0.2) is 4.39 Å². The Morgan fingerprint density at radius 3 is 2.54 bits per heavy atom. The molecule has 0 fully saturated rings. The second kappa shape index (κ2) is 4.97. The van der Waals surface area contributed by atoms with Crippen molar-refractivity contribution in [2.24, 2.45) is 0 Å². The van der Waals surface area contributed by atoms with Crippen LogP contribution in [0.5, 0.6) is 0 Å². The van der Waals surface area contributed by atoms with Gasteiger partial charge < -0.3 is 5.32 Å². The number of nitrogens with one attached hydrogen (secondary N) is 1. The van der Waals surface area contributed by atoms with Gasteiger partial charge in [-0.05, 0) is 19.0 Å². The summed E-state index contributed by atoms with van der Waals surface area (Å²) in [6, 6.07) is 7.09. The molecule has 1 aromatic carbocycles. The lowest BCUT2D eigenvalue weighted by atomic mass is 10.0. The number of hydrogen-bond donors (Lipinski definition) is 1. The molecule has 1 aromatic rings. The molecule has 0 unspecified atom stereocenters. The molecular formula is C11H16FN. The Morgan fingerprint density at radius 1 is 1.31 bits per heavy atom. The normalized spacial score (nSPS) is 12.8. The van der Waals surface area contributed by atoms with E-state index in [1.807, 2.05) is 19.1 Å². The molecule has 72 valence electrons. The Labute approximate surface area is 79.0 Å². The first-order valence-corrected chi connectivity index (χ1v) is 4.77. The van der Waals surface area contributed by atoms with Gasteiger partial charge in [-0.3, -0.25) is 0 Å². The molecular weight excluding hydrogens is 165 g/mol. The van der Waals surface area contributed by atoms with Crippen LogP contribution in [-0.2, 0) is 0 Å². The minimum absolute atomic E-state index is 0.115. The number of rotatable bonds is 4. The van der Waals surface area contributed by atoms with Crippen LogP contribution in [0.1, 0.15) is 31.9 Å². The first-order chi connectivity index (χ1) is 6.29. The summed E-state index contributed by atoms with van der Waals surface area (Å²) >= 11 is 0. The zero-order valence-electron chi connectivity index (χ0n) is 8.18. The average Bonchev–Trinajstić information content (AvgIpc) is 2.16. The van der Waals surface area contributed by atoms with Gasteiger partial charge in [-0.2, -0.15) is 0 Å². The summed E-state index contributed by atoms with van der Waals surface area (Å²) in [5.41, 5.74) is 0.770. The average molecular weight is 181 g/mol. The highest BCUT2D eigenvalue weighted by molar-refractivity contribution is 5.20.